The van der Waals surface area contributed by atoms with Gasteiger partial charge in [0.2, 0.25) is 0 Å². The molecule has 1 aromatic carbocycles. The fourth-order valence-corrected chi connectivity index (χ4v) is 1.73. The van der Waals surface area contributed by atoms with Gasteiger partial charge in [-0.3, -0.25) is 0 Å². The molecule has 0 fully saturated rings. The van der Waals surface area contributed by atoms with E-state index in [-0.39, 0.29) is 5.92 Å². The second-order valence-electron chi connectivity index (χ2n) is 3.83. The third-order valence-electron chi connectivity index (χ3n) is 2.62. The zero-order valence-electron chi connectivity index (χ0n) is 9.53. The lowest BCUT2D eigenvalue weighted by atomic mass is 9.92. The zero-order chi connectivity index (χ0) is 11.4. The summed E-state index contributed by atoms with van der Waals surface area (Å²) in [4.78, 5) is 0. The average Bonchev–Trinajstić information content (AvgIpc) is 2.18. The van der Waals surface area contributed by atoms with Crippen molar-refractivity contribution >= 4 is 0 Å². The molecule has 0 saturated carbocycles. The van der Waals surface area contributed by atoms with E-state index in [0.717, 1.165) is 16.9 Å². The number of aryl methyl sites for hydroxylation is 1. The van der Waals surface area contributed by atoms with Gasteiger partial charge in [0.1, 0.15) is 5.75 Å². The number of benzene rings is 1. The minimum atomic E-state index is -0.467. The third kappa shape index (κ3) is 2.70. The first kappa shape index (κ1) is 12.0. The molecule has 0 spiro atoms. The Hall–Kier alpha value is -1.06. The van der Waals surface area contributed by atoms with Gasteiger partial charge in [0.25, 0.3) is 0 Å². The molecule has 1 rings (SSSR count). The van der Waals surface area contributed by atoms with Crippen molar-refractivity contribution in [3.63, 3.8) is 0 Å². The van der Waals surface area contributed by atoms with Crippen LogP contribution in [0.1, 0.15) is 24.0 Å². The molecule has 0 bridgehead atoms. The van der Waals surface area contributed by atoms with E-state index in [9.17, 15) is 5.11 Å². The first-order valence-corrected chi connectivity index (χ1v) is 5.12. The van der Waals surface area contributed by atoms with Crippen molar-refractivity contribution in [3.8, 4) is 5.75 Å². The summed E-state index contributed by atoms with van der Waals surface area (Å²) < 4.78 is 5.27. The SMILES string of the molecule is COc1ccc(C)cc1C(CN)C(C)O. The van der Waals surface area contributed by atoms with Crippen LogP contribution in [0.4, 0.5) is 0 Å². The Morgan fingerprint density at radius 2 is 2.13 bits per heavy atom. The largest absolute Gasteiger partial charge is 0.496 e. The molecule has 2 atom stereocenters. The zero-order valence-corrected chi connectivity index (χ0v) is 9.53. The number of nitrogens with two attached hydrogens (primary N) is 1. The fourth-order valence-electron chi connectivity index (χ4n) is 1.73. The highest BCUT2D eigenvalue weighted by Crippen LogP contribution is 2.29. The highest BCUT2D eigenvalue weighted by atomic mass is 16.5. The maximum Gasteiger partial charge on any atom is 0.122 e. The molecule has 0 aliphatic heterocycles. The Kier molecular flexibility index (Phi) is 4.12. The lowest BCUT2D eigenvalue weighted by Crippen LogP contribution is -2.23. The van der Waals surface area contributed by atoms with Crippen molar-refractivity contribution in [2.24, 2.45) is 5.73 Å². The van der Waals surface area contributed by atoms with E-state index >= 15 is 0 Å². The van der Waals surface area contributed by atoms with E-state index in [1.54, 1.807) is 14.0 Å². The molecule has 15 heavy (non-hydrogen) atoms. The average molecular weight is 209 g/mol. The molecule has 0 aromatic heterocycles. The van der Waals surface area contributed by atoms with Crippen LogP contribution < -0.4 is 10.5 Å². The summed E-state index contributed by atoms with van der Waals surface area (Å²) in [5.74, 6) is 0.719. The molecule has 0 amide bonds. The topological polar surface area (TPSA) is 55.5 Å². The van der Waals surface area contributed by atoms with Gasteiger partial charge >= 0.3 is 0 Å². The number of ether oxygens (including phenoxy) is 1. The summed E-state index contributed by atoms with van der Waals surface area (Å²) in [7, 11) is 1.63. The van der Waals surface area contributed by atoms with Crippen LogP contribution in [0.25, 0.3) is 0 Å². The highest BCUT2D eigenvalue weighted by Gasteiger charge is 2.19. The number of methoxy groups -OCH3 is 1. The molecule has 3 N–H and O–H groups in total. The summed E-state index contributed by atoms with van der Waals surface area (Å²) in [6.45, 7) is 4.18. The van der Waals surface area contributed by atoms with Crippen LogP contribution in [0.5, 0.6) is 5.75 Å². The van der Waals surface area contributed by atoms with Gasteiger partial charge < -0.3 is 15.6 Å². The van der Waals surface area contributed by atoms with Crippen LogP contribution in [-0.4, -0.2) is 24.9 Å². The van der Waals surface area contributed by atoms with Crippen molar-refractivity contribution in [1.29, 1.82) is 0 Å². The maximum absolute atomic E-state index is 9.64. The van der Waals surface area contributed by atoms with Crippen LogP contribution in [0.15, 0.2) is 18.2 Å². The minimum absolute atomic E-state index is 0.0696. The van der Waals surface area contributed by atoms with Gasteiger partial charge in [-0.15, -0.1) is 0 Å². The molecular weight excluding hydrogens is 190 g/mol. The Morgan fingerprint density at radius 3 is 2.60 bits per heavy atom. The first-order valence-electron chi connectivity index (χ1n) is 5.12. The van der Waals surface area contributed by atoms with Crippen LogP contribution in [-0.2, 0) is 0 Å². The number of hydrogen-bond donors (Lipinski definition) is 2. The molecule has 0 saturated heterocycles. The van der Waals surface area contributed by atoms with Gasteiger partial charge in [0, 0.05) is 18.0 Å². The predicted octanol–water partition coefficient (Wildman–Crippen LogP) is 1.43. The molecule has 3 heteroatoms. The van der Waals surface area contributed by atoms with Crippen molar-refractivity contribution in [2.75, 3.05) is 13.7 Å². The number of rotatable bonds is 4. The van der Waals surface area contributed by atoms with Crippen molar-refractivity contribution in [3.05, 3.63) is 29.3 Å². The van der Waals surface area contributed by atoms with E-state index in [1.807, 2.05) is 25.1 Å². The molecule has 0 radical (unpaired) electrons. The normalized spacial score (nSPS) is 14.7. The molecule has 0 aliphatic rings. The van der Waals surface area contributed by atoms with Gasteiger partial charge in [-0.2, -0.15) is 0 Å². The monoisotopic (exact) mass is 209 g/mol. The Balaban J connectivity index is 3.13. The Labute approximate surface area is 90.9 Å². The lowest BCUT2D eigenvalue weighted by molar-refractivity contribution is 0.163. The molecular formula is C12H19NO2. The summed E-state index contributed by atoms with van der Waals surface area (Å²) in [5.41, 5.74) is 7.79. The van der Waals surface area contributed by atoms with E-state index in [2.05, 4.69) is 0 Å². The smallest absolute Gasteiger partial charge is 0.122 e. The number of hydrogen-bond acceptors (Lipinski definition) is 3. The van der Waals surface area contributed by atoms with Crippen molar-refractivity contribution in [2.45, 2.75) is 25.9 Å². The highest BCUT2D eigenvalue weighted by molar-refractivity contribution is 5.40. The van der Waals surface area contributed by atoms with E-state index in [0.29, 0.717) is 6.54 Å². The van der Waals surface area contributed by atoms with Crippen LogP contribution in [0.3, 0.4) is 0 Å². The van der Waals surface area contributed by atoms with Gasteiger partial charge in [0.15, 0.2) is 0 Å². The van der Waals surface area contributed by atoms with E-state index in [1.165, 1.54) is 0 Å². The summed E-state index contributed by atoms with van der Waals surface area (Å²) >= 11 is 0. The predicted molar refractivity (Wildman–Crippen MR) is 61.2 cm³/mol. The second-order valence-corrected chi connectivity index (χ2v) is 3.83. The lowest BCUT2D eigenvalue weighted by Gasteiger charge is -2.21. The van der Waals surface area contributed by atoms with Gasteiger partial charge in [0.05, 0.1) is 13.2 Å². The molecule has 3 nitrogen and oxygen atoms in total. The van der Waals surface area contributed by atoms with E-state index in [4.69, 9.17) is 10.5 Å². The number of aliphatic hydroxyl groups excluding tert-OH is 1. The summed E-state index contributed by atoms with van der Waals surface area (Å²) in [6, 6.07) is 5.91. The van der Waals surface area contributed by atoms with Crippen molar-refractivity contribution in [1.82, 2.24) is 0 Å². The third-order valence-corrected chi connectivity index (χ3v) is 2.62. The molecule has 2 unspecified atom stereocenters. The van der Waals surface area contributed by atoms with Crippen LogP contribution in [0, 0.1) is 6.92 Å². The first-order chi connectivity index (χ1) is 7.10. The standard InChI is InChI=1S/C12H19NO2/c1-8-4-5-12(15-3)10(6-8)11(7-13)9(2)14/h4-6,9,11,14H,7,13H2,1-3H3. The van der Waals surface area contributed by atoms with Crippen LogP contribution >= 0.6 is 0 Å². The maximum atomic E-state index is 9.64. The summed E-state index contributed by atoms with van der Waals surface area (Å²) in [6.07, 6.45) is -0.467. The quantitative estimate of drug-likeness (QED) is 0.788. The molecule has 0 aliphatic carbocycles. The molecule has 1 aromatic rings. The minimum Gasteiger partial charge on any atom is -0.496 e. The van der Waals surface area contributed by atoms with Crippen molar-refractivity contribution < 1.29 is 9.84 Å². The van der Waals surface area contributed by atoms with Gasteiger partial charge in [-0.25, -0.2) is 0 Å². The second kappa shape index (κ2) is 5.14. The van der Waals surface area contributed by atoms with Gasteiger partial charge in [-0.1, -0.05) is 17.7 Å². The fraction of sp³-hybridized carbons (Fsp3) is 0.500. The molecule has 0 heterocycles. The molecule has 84 valence electrons. The Bertz CT molecular complexity index is 323. The Morgan fingerprint density at radius 1 is 1.47 bits per heavy atom. The number of aliphatic hydroxyl groups is 1. The summed E-state index contributed by atoms with van der Waals surface area (Å²) in [5, 5.41) is 9.64. The van der Waals surface area contributed by atoms with E-state index < -0.39 is 6.10 Å². The van der Waals surface area contributed by atoms with Gasteiger partial charge in [-0.05, 0) is 19.9 Å². The van der Waals surface area contributed by atoms with Crippen LogP contribution in [0.2, 0.25) is 0 Å².